The molecule has 144 valence electrons. The lowest BCUT2D eigenvalue weighted by Crippen LogP contribution is -2.23. The first-order valence-corrected chi connectivity index (χ1v) is 9.85. The maximum atomic E-state index is 5.28. The van der Waals surface area contributed by atoms with E-state index in [4.69, 9.17) is 4.74 Å². The molecule has 1 unspecified atom stereocenters. The van der Waals surface area contributed by atoms with Crippen LogP contribution in [0.25, 0.3) is 0 Å². The van der Waals surface area contributed by atoms with Gasteiger partial charge in [-0.05, 0) is 43.4 Å². The fourth-order valence-electron chi connectivity index (χ4n) is 3.92. The van der Waals surface area contributed by atoms with Crippen LogP contribution in [0.2, 0.25) is 0 Å². The monoisotopic (exact) mass is 376 g/mol. The largest absolute Gasteiger partial charge is 0.497 e. The van der Waals surface area contributed by atoms with Gasteiger partial charge < -0.3 is 15.0 Å². The summed E-state index contributed by atoms with van der Waals surface area (Å²) in [5.74, 6) is 4.04. The van der Waals surface area contributed by atoms with E-state index in [0.717, 1.165) is 42.6 Å². The Morgan fingerprint density at radius 2 is 1.93 bits per heavy atom. The summed E-state index contributed by atoms with van der Waals surface area (Å²) < 4.78 is 5.28. The van der Waals surface area contributed by atoms with Crippen molar-refractivity contribution in [2.24, 2.45) is 0 Å². The molecule has 1 aliphatic heterocycles. The molecule has 7 heteroatoms. The summed E-state index contributed by atoms with van der Waals surface area (Å²) in [6.45, 7) is 0.987. The number of anilines is 3. The minimum absolute atomic E-state index is 0.320. The lowest BCUT2D eigenvalue weighted by atomic mass is 10.0. The van der Waals surface area contributed by atoms with Crippen LogP contribution in [0.3, 0.4) is 0 Å². The molecule has 1 atom stereocenters. The van der Waals surface area contributed by atoms with E-state index in [1.807, 2.05) is 18.2 Å². The molecule has 2 N–H and O–H groups in total. The van der Waals surface area contributed by atoms with Gasteiger partial charge in [0.2, 0.25) is 0 Å². The van der Waals surface area contributed by atoms with Crippen molar-refractivity contribution in [1.29, 1.82) is 0 Å². The molecule has 0 amide bonds. The van der Waals surface area contributed by atoms with E-state index in [9.17, 15) is 0 Å². The standard InChI is InChI=1S/C21H24N6O/c1-28-16-8-6-15(7-9-16)18-3-2-10-27(18)21-12-19(22-13-23-21)24-20-11-17(25-26-20)14-4-5-14/h6-9,11-14,18H,2-5,10H2,1H3,(H2,22,23,24,25,26). The molecule has 0 radical (unpaired) electrons. The molecular weight excluding hydrogens is 352 g/mol. The number of nitrogens with zero attached hydrogens (tertiary/aromatic N) is 4. The molecule has 3 aromatic rings. The smallest absolute Gasteiger partial charge is 0.153 e. The van der Waals surface area contributed by atoms with Crippen molar-refractivity contribution in [1.82, 2.24) is 20.2 Å². The number of nitrogens with one attached hydrogen (secondary N) is 2. The lowest BCUT2D eigenvalue weighted by molar-refractivity contribution is 0.414. The zero-order valence-electron chi connectivity index (χ0n) is 15.9. The number of methoxy groups -OCH3 is 1. The van der Waals surface area contributed by atoms with Crippen LogP contribution in [0.5, 0.6) is 5.75 Å². The van der Waals surface area contributed by atoms with Crippen LogP contribution >= 0.6 is 0 Å². The molecule has 2 aliphatic rings. The summed E-state index contributed by atoms with van der Waals surface area (Å²) in [5, 5.41) is 10.8. The third-order valence-corrected chi connectivity index (χ3v) is 5.57. The van der Waals surface area contributed by atoms with Gasteiger partial charge in [-0.25, -0.2) is 9.97 Å². The number of aromatic amines is 1. The van der Waals surface area contributed by atoms with Gasteiger partial charge in [-0.2, -0.15) is 5.10 Å². The number of ether oxygens (including phenoxy) is 1. The Labute approximate surface area is 164 Å². The molecule has 2 fully saturated rings. The van der Waals surface area contributed by atoms with E-state index >= 15 is 0 Å². The van der Waals surface area contributed by atoms with Crippen LogP contribution in [0.15, 0.2) is 42.7 Å². The number of rotatable bonds is 6. The maximum Gasteiger partial charge on any atom is 0.153 e. The highest BCUT2D eigenvalue weighted by Gasteiger charge is 2.28. The SMILES string of the molecule is COc1ccc(C2CCCN2c2cc(Nc3cc(C4CC4)[nH]n3)ncn2)cc1. The number of benzene rings is 1. The van der Waals surface area contributed by atoms with Crippen LogP contribution in [-0.4, -0.2) is 33.8 Å². The third-order valence-electron chi connectivity index (χ3n) is 5.57. The number of hydrogen-bond acceptors (Lipinski definition) is 6. The van der Waals surface area contributed by atoms with E-state index in [1.54, 1.807) is 13.4 Å². The van der Waals surface area contributed by atoms with Crippen LogP contribution in [0.4, 0.5) is 17.5 Å². The van der Waals surface area contributed by atoms with E-state index in [-0.39, 0.29) is 0 Å². The molecule has 7 nitrogen and oxygen atoms in total. The summed E-state index contributed by atoms with van der Waals surface area (Å²) in [7, 11) is 1.69. The highest BCUT2D eigenvalue weighted by molar-refractivity contribution is 5.57. The van der Waals surface area contributed by atoms with Crippen LogP contribution < -0.4 is 15.0 Å². The van der Waals surface area contributed by atoms with Gasteiger partial charge in [0.05, 0.1) is 13.2 Å². The third kappa shape index (κ3) is 3.40. The van der Waals surface area contributed by atoms with E-state index in [0.29, 0.717) is 12.0 Å². The first-order valence-electron chi connectivity index (χ1n) is 9.85. The van der Waals surface area contributed by atoms with Gasteiger partial charge in [-0.15, -0.1) is 0 Å². The molecule has 1 saturated heterocycles. The highest BCUT2D eigenvalue weighted by Crippen LogP contribution is 2.40. The zero-order valence-corrected chi connectivity index (χ0v) is 15.9. The predicted octanol–water partition coefficient (Wildman–Crippen LogP) is 4.17. The Kier molecular flexibility index (Phi) is 4.35. The summed E-state index contributed by atoms with van der Waals surface area (Å²) in [4.78, 5) is 11.3. The second kappa shape index (κ2) is 7.14. The van der Waals surface area contributed by atoms with Crippen molar-refractivity contribution >= 4 is 17.5 Å². The Morgan fingerprint density at radius 1 is 1.07 bits per heavy atom. The molecular formula is C21H24N6O. The molecule has 1 aromatic carbocycles. The Balaban J connectivity index is 1.35. The summed E-state index contributed by atoms with van der Waals surface area (Å²) in [6, 6.07) is 12.7. The van der Waals surface area contributed by atoms with Gasteiger partial charge in [0.15, 0.2) is 5.82 Å². The van der Waals surface area contributed by atoms with Gasteiger partial charge in [-0.3, -0.25) is 5.10 Å². The topological polar surface area (TPSA) is 79.0 Å². The minimum atomic E-state index is 0.320. The predicted molar refractivity (Wildman–Crippen MR) is 108 cm³/mol. The van der Waals surface area contributed by atoms with Crippen molar-refractivity contribution in [2.45, 2.75) is 37.6 Å². The average Bonchev–Trinajstić information content (AvgIpc) is 3.28. The first-order chi connectivity index (χ1) is 13.8. The second-order valence-corrected chi connectivity index (χ2v) is 7.49. The first kappa shape index (κ1) is 17.0. The molecule has 5 rings (SSSR count). The molecule has 28 heavy (non-hydrogen) atoms. The van der Waals surface area contributed by atoms with Gasteiger partial charge >= 0.3 is 0 Å². The van der Waals surface area contributed by atoms with Crippen molar-refractivity contribution in [3.63, 3.8) is 0 Å². The van der Waals surface area contributed by atoms with Gasteiger partial charge in [0.25, 0.3) is 0 Å². The summed E-state index contributed by atoms with van der Waals surface area (Å²) in [5.41, 5.74) is 2.49. The minimum Gasteiger partial charge on any atom is -0.497 e. The highest BCUT2D eigenvalue weighted by atomic mass is 16.5. The zero-order chi connectivity index (χ0) is 18.9. The number of aromatic nitrogens is 4. The molecule has 1 aliphatic carbocycles. The van der Waals surface area contributed by atoms with E-state index in [1.165, 1.54) is 24.1 Å². The molecule has 2 aromatic heterocycles. The maximum absolute atomic E-state index is 5.28. The van der Waals surface area contributed by atoms with Crippen molar-refractivity contribution in [3.8, 4) is 5.75 Å². The normalized spacial score (nSPS) is 19.0. The lowest BCUT2D eigenvalue weighted by Gasteiger charge is -2.26. The molecule has 0 bridgehead atoms. The average molecular weight is 376 g/mol. The van der Waals surface area contributed by atoms with Gasteiger partial charge in [0.1, 0.15) is 23.7 Å². The fourth-order valence-corrected chi connectivity index (χ4v) is 3.92. The number of H-pyrrole nitrogens is 1. The van der Waals surface area contributed by atoms with E-state index < -0.39 is 0 Å². The quantitative estimate of drug-likeness (QED) is 0.672. The Morgan fingerprint density at radius 3 is 2.71 bits per heavy atom. The van der Waals surface area contributed by atoms with Crippen molar-refractivity contribution in [3.05, 3.63) is 54.0 Å². The molecule has 1 saturated carbocycles. The van der Waals surface area contributed by atoms with Crippen LogP contribution in [0, 0.1) is 0 Å². The Bertz CT molecular complexity index is 950. The van der Waals surface area contributed by atoms with Crippen molar-refractivity contribution in [2.75, 3.05) is 23.9 Å². The fraction of sp³-hybridized carbons (Fsp3) is 0.381. The van der Waals surface area contributed by atoms with Crippen molar-refractivity contribution < 1.29 is 4.74 Å². The molecule has 3 heterocycles. The second-order valence-electron chi connectivity index (χ2n) is 7.49. The van der Waals surface area contributed by atoms with E-state index in [2.05, 4.69) is 48.6 Å². The van der Waals surface area contributed by atoms with Gasteiger partial charge in [0, 0.05) is 30.3 Å². The Hall–Kier alpha value is -3.09. The summed E-state index contributed by atoms with van der Waals surface area (Å²) in [6.07, 6.45) is 6.38. The molecule has 0 spiro atoms. The van der Waals surface area contributed by atoms with Gasteiger partial charge in [-0.1, -0.05) is 12.1 Å². The van der Waals surface area contributed by atoms with Crippen LogP contribution in [0.1, 0.15) is 48.9 Å². The summed E-state index contributed by atoms with van der Waals surface area (Å²) >= 11 is 0. The van der Waals surface area contributed by atoms with Crippen LogP contribution in [-0.2, 0) is 0 Å². The number of hydrogen-bond donors (Lipinski definition) is 2.